The molecule has 0 aromatic carbocycles. The molecule has 4 nitrogen and oxygen atoms in total. The van der Waals surface area contributed by atoms with Gasteiger partial charge >= 0.3 is 0 Å². The molecule has 0 atom stereocenters. The molecular weight excluding hydrogens is 254 g/mol. The van der Waals surface area contributed by atoms with Gasteiger partial charge < -0.3 is 9.73 Å². The van der Waals surface area contributed by atoms with E-state index in [9.17, 15) is 0 Å². The third kappa shape index (κ3) is 3.56. The minimum absolute atomic E-state index is 0.460. The van der Waals surface area contributed by atoms with Crippen LogP contribution in [0.1, 0.15) is 5.76 Å². The molecule has 0 amide bonds. The fourth-order valence-corrected chi connectivity index (χ4v) is 0.978. The van der Waals surface area contributed by atoms with Crippen LogP contribution < -0.4 is 10.7 Å². The highest BCUT2D eigenvalue weighted by atomic mass is 79.9. The molecule has 2 N–H and O–H groups in total. The number of rotatable bonds is 2. The van der Waals surface area contributed by atoms with Crippen LogP contribution in [0.5, 0.6) is 0 Å². The van der Waals surface area contributed by atoms with Crippen LogP contribution in [-0.2, 0) is 0 Å². The van der Waals surface area contributed by atoms with Crippen molar-refractivity contribution in [2.75, 3.05) is 7.05 Å². The van der Waals surface area contributed by atoms with E-state index >= 15 is 0 Å². The van der Waals surface area contributed by atoms with Gasteiger partial charge in [0.05, 0.1) is 10.7 Å². The van der Waals surface area contributed by atoms with Crippen molar-refractivity contribution in [3.63, 3.8) is 0 Å². The lowest BCUT2D eigenvalue weighted by atomic mass is 10.5. The second-order valence-electron chi connectivity index (χ2n) is 2.12. The summed E-state index contributed by atoms with van der Waals surface area (Å²) in [7, 11) is 1.72. The van der Waals surface area contributed by atoms with Gasteiger partial charge in [0.25, 0.3) is 0 Å². The van der Waals surface area contributed by atoms with Crippen molar-refractivity contribution in [3.05, 3.63) is 22.6 Å². The van der Waals surface area contributed by atoms with E-state index < -0.39 is 0 Å². The van der Waals surface area contributed by atoms with E-state index in [1.165, 1.54) is 6.21 Å². The van der Waals surface area contributed by atoms with Gasteiger partial charge in [-0.2, -0.15) is 5.10 Å². The summed E-state index contributed by atoms with van der Waals surface area (Å²) in [6.45, 7) is 0. The number of thiocarbonyl (C=S) groups is 1. The van der Waals surface area contributed by atoms with Crippen molar-refractivity contribution >= 4 is 39.5 Å². The van der Waals surface area contributed by atoms with Crippen molar-refractivity contribution in [1.29, 1.82) is 0 Å². The van der Waals surface area contributed by atoms with Crippen LogP contribution in [0.2, 0.25) is 0 Å². The fourth-order valence-electron chi connectivity index (χ4n) is 0.606. The Bertz CT molecular complexity index is 323. The van der Waals surface area contributed by atoms with Crippen LogP contribution in [0.4, 0.5) is 0 Å². The van der Waals surface area contributed by atoms with Gasteiger partial charge in [-0.25, -0.2) is 0 Å². The molecule has 0 bridgehead atoms. The molecule has 0 spiro atoms. The second-order valence-corrected chi connectivity index (χ2v) is 3.44. The molecule has 13 heavy (non-hydrogen) atoms. The standard InChI is InChI=1S/C7H8BrN3OS/c1-9-7(13)11-10-3-6-2-5(8)4-12-6/h2-4H,1H3,(H2,9,11,13)/b10-3+. The number of hydrogen-bond acceptors (Lipinski definition) is 3. The monoisotopic (exact) mass is 261 g/mol. The predicted molar refractivity (Wildman–Crippen MR) is 58.8 cm³/mol. The van der Waals surface area contributed by atoms with E-state index in [1.807, 2.05) is 0 Å². The smallest absolute Gasteiger partial charge is 0.186 e. The lowest BCUT2D eigenvalue weighted by Gasteiger charge is -1.97. The van der Waals surface area contributed by atoms with Gasteiger partial charge in [0, 0.05) is 7.05 Å². The van der Waals surface area contributed by atoms with Gasteiger partial charge in [-0.15, -0.1) is 0 Å². The van der Waals surface area contributed by atoms with Crippen LogP contribution >= 0.6 is 28.1 Å². The minimum Gasteiger partial charge on any atom is -0.462 e. The summed E-state index contributed by atoms with van der Waals surface area (Å²) >= 11 is 8.05. The van der Waals surface area contributed by atoms with Crippen LogP contribution in [0, 0.1) is 0 Å². The van der Waals surface area contributed by atoms with E-state index in [0.717, 1.165) is 4.47 Å². The molecule has 1 aromatic heterocycles. The molecule has 0 fully saturated rings. The van der Waals surface area contributed by atoms with Crippen molar-refractivity contribution in [1.82, 2.24) is 10.7 Å². The first-order chi connectivity index (χ1) is 6.22. The Morgan fingerprint density at radius 2 is 2.54 bits per heavy atom. The molecule has 0 saturated heterocycles. The van der Waals surface area contributed by atoms with Crippen molar-refractivity contribution in [2.24, 2.45) is 5.10 Å². The molecule has 0 radical (unpaired) electrons. The largest absolute Gasteiger partial charge is 0.462 e. The van der Waals surface area contributed by atoms with Crippen molar-refractivity contribution in [3.8, 4) is 0 Å². The van der Waals surface area contributed by atoms with Gasteiger partial charge in [-0.05, 0) is 34.2 Å². The summed E-state index contributed by atoms with van der Waals surface area (Å²) in [6.07, 6.45) is 3.12. The van der Waals surface area contributed by atoms with Gasteiger partial charge in [0.1, 0.15) is 12.0 Å². The van der Waals surface area contributed by atoms with Crippen molar-refractivity contribution < 1.29 is 4.42 Å². The zero-order valence-electron chi connectivity index (χ0n) is 6.87. The maximum absolute atomic E-state index is 5.08. The second kappa shape index (κ2) is 4.98. The topological polar surface area (TPSA) is 49.6 Å². The summed E-state index contributed by atoms with van der Waals surface area (Å²) < 4.78 is 5.96. The predicted octanol–water partition coefficient (Wildman–Crippen LogP) is 1.47. The minimum atomic E-state index is 0.460. The molecule has 0 aliphatic heterocycles. The average molecular weight is 262 g/mol. The number of hydrogen-bond donors (Lipinski definition) is 2. The first-order valence-electron chi connectivity index (χ1n) is 3.47. The number of halogens is 1. The van der Waals surface area contributed by atoms with Gasteiger partial charge in [-0.1, -0.05) is 0 Å². The molecule has 1 rings (SSSR count). The van der Waals surface area contributed by atoms with Gasteiger partial charge in [-0.3, -0.25) is 5.43 Å². The first kappa shape index (κ1) is 10.2. The molecule has 70 valence electrons. The summed E-state index contributed by atoms with van der Waals surface area (Å²) in [5.74, 6) is 0.651. The SMILES string of the molecule is CNC(=S)N/N=C/c1cc(Br)co1. The molecule has 0 aliphatic rings. The molecule has 0 aliphatic carbocycles. The number of nitrogens with zero attached hydrogens (tertiary/aromatic N) is 1. The third-order valence-corrected chi connectivity index (χ3v) is 1.88. The van der Waals surface area contributed by atoms with E-state index in [1.54, 1.807) is 19.4 Å². The number of furan rings is 1. The van der Waals surface area contributed by atoms with E-state index in [0.29, 0.717) is 10.9 Å². The van der Waals surface area contributed by atoms with E-state index in [-0.39, 0.29) is 0 Å². The van der Waals surface area contributed by atoms with Crippen LogP contribution in [0.25, 0.3) is 0 Å². The van der Waals surface area contributed by atoms with Crippen LogP contribution in [-0.4, -0.2) is 18.4 Å². The van der Waals surface area contributed by atoms with Gasteiger partial charge in [0.2, 0.25) is 0 Å². The first-order valence-corrected chi connectivity index (χ1v) is 4.67. The average Bonchev–Trinajstić information content (AvgIpc) is 2.51. The summed E-state index contributed by atoms with van der Waals surface area (Å²) in [4.78, 5) is 0. The highest BCUT2D eigenvalue weighted by Crippen LogP contribution is 2.11. The number of nitrogens with one attached hydrogen (secondary N) is 2. The molecule has 1 aromatic rings. The van der Waals surface area contributed by atoms with Gasteiger partial charge in [0.15, 0.2) is 5.11 Å². The molecular formula is C7H8BrN3OS. The Morgan fingerprint density at radius 1 is 1.77 bits per heavy atom. The number of hydrazone groups is 1. The van der Waals surface area contributed by atoms with Crippen LogP contribution in [0.15, 0.2) is 26.3 Å². The Hall–Kier alpha value is -0.880. The Balaban J connectivity index is 2.45. The van der Waals surface area contributed by atoms with Crippen LogP contribution in [0.3, 0.4) is 0 Å². The molecule has 1 heterocycles. The quantitative estimate of drug-likeness (QED) is 0.481. The van der Waals surface area contributed by atoms with E-state index in [4.69, 9.17) is 16.6 Å². The maximum Gasteiger partial charge on any atom is 0.186 e. The molecule has 6 heteroatoms. The third-order valence-electron chi connectivity index (χ3n) is 1.17. The Morgan fingerprint density at radius 3 is 3.08 bits per heavy atom. The molecule has 0 unspecified atom stereocenters. The molecule has 0 saturated carbocycles. The lowest BCUT2D eigenvalue weighted by Crippen LogP contribution is -2.28. The normalized spacial score (nSPS) is 10.3. The summed E-state index contributed by atoms with van der Waals surface area (Å²) in [5, 5.41) is 7.02. The summed E-state index contributed by atoms with van der Waals surface area (Å²) in [6, 6.07) is 1.80. The van der Waals surface area contributed by atoms with E-state index in [2.05, 4.69) is 31.8 Å². The Labute approximate surface area is 89.5 Å². The zero-order valence-corrected chi connectivity index (χ0v) is 9.28. The lowest BCUT2D eigenvalue weighted by molar-refractivity contribution is 0.558. The maximum atomic E-state index is 5.08. The Kier molecular flexibility index (Phi) is 3.91. The zero-order chi connectivity index (χ0) is 9.68. The highest BCUT2D eigenvalue weighted by molar-refractivity contribution is 9.10. The highest BCUT2D eigenvalue weighted by Gasteiger charge is 1.94. The van der Waals surface area contributed by atoms with Crippen molar-refractivity contribution in [2.45, 2.75) is 0 Å². The fraction of sp³-hybridized carbons (Fsp3) is 0.143. The summed E-state index contributed by atoms with van der Waals surface area (Å²) in [5.41, 5.74) is 2.60.